The van der Waals surface area contributed by atoms with Crippen LogP contribution in [0.3, 0.4) is 0 Å². The van der Waals surface area contributed by atoms with E-state index in [4.69, 9.17) is 11.6 Å². The Bertz CT molecular complexity index is 435. The van der Waals surface area contributed by atoms with Crippen LogP contribution >= 0.6 is 27.5 Å². The van der Waals surface area contributed by atoms with Gasteiger partial charge < -0.3 is 5.32 Å². The van der Waals surface area contributed by atoms with Gasteiger partial charge in [-0.3, -0.25) is 0 Å². The van der Waals surface area contributed by atoms with E-state index in [-0.39, 0.29) is 11.6 Å². The van der Waals surface area contributed by atoms with Crippen molar-refractivity contribution in [2.75, 3.05) is 0 Å². The van der Waals surface area contributed by atoms with Gasteiger partial charge in [0.2, 0.25) is 0 Å². The Morgan fingerprint density at radius 3 is 2.26 bits per heavy atom. The van der Waals surface area contributed by atoms with Gasteiger partial charge in [0, 0.05) is 21.1 Å². The SMILES string of the molecule is CC(NC(C)(C)CC(C)(C)C)c1ccc(Br)cc1Cl. The van der Waals surface area contributed by atoms with Crippen LogP contribution in [-0.2, 0) is 0 Å². The molecule has 1 rings (SSSR count). The molecule has 0 amide bonds. The zero-order chi connectivity index (χ0) is 14.8. The predicted octanol–water partition coefficient (Wildman–Crippen LogP) is 5.97. The molecule has 0 bridgehead atoms. The summed E-state index contributed by atoms with van der Waals surface area (Å²) in [6, 6.07) is 6.30. The van der Waals surface area contributed by atoms with Gasteiger partial charge in [-0.15, -0.1) is 0 Å². The Hall–Kier alpha value is -0.0500. The van der Waals surface area contributed by atoms with Gasteiger partial charge in [0.15, 0.2) is 0 Å². The zero-order valence-electron chi connectivity index (χ0n) is 12.8. The first kappa shape index (κ1) is 17.0. The Kier molecular flexibility index (Phi) is 5.51. The standard InChI is InChI=1S/C16H25BrClN/c1-11(13-8-7-12(17)9-14(13)18)19-16(5,6)10-15(2,3)4/h7-9,11,19H,10H2,1-6H3. The van der Waals surface area contributed by atoms with Crippen LogP contribution < -0.4 is 5.32 Å². The number of hydrogen-bond donors (Lipinski definition) is 1. The average Bonchev–Trinajstić information content (AvgIpc) is 2.11. The van der Waals surface area contributed by atoms with Crippen LogP contribution in [-0.4, -0.2) is 5.54 Å². The Labute approximate surface area is 131 Å². The molecular formula is C16H25BrClN. The maximum absolute atomic E-state index is 6.32. The molecule has 108 valence electrons. The molecule has 19 heavy (non-hydrogen) atoms. The summed E-state index contributed by atoms with van der Waals surface area (Å²) < 4.78 is 1.02. The first-order valence-corrected chi connectivity index (χ1v) is 7.90. The van der Waals surface area contributed by atoms with Crippen molar-refractivity contribution < 1.29 is 0 Å². The first-order chi connectivity index (χ1) is 8.50. The van der Waals surface area contributed by atoms with Gasteiger partial charge in [0.25, 0.3) is 0 Å². The topological polar surface area (TPSA) is 12.0 Å². The second kappa shape index (κ2) is 6.15. The number of benzene rings is 1. The summed E-state index contributed by atoms with van der Waals surface area (Å²) >= 11 is 9.76. The molecule has 1 atom stereocenters. The van der Waals surface area contributed by atoms with Crippen LogP contribution in [0.1, 0.15) is 59.6 Å². The van der Waals surface area contributed by atoms with Crippen molar-refractivity contribution >= 4 is 27.5 Å². The van der Waals surface area contributed by atoms with E-state index in [0.29, 0.717) is 5.41 Å². The fourth-order valence-corrected chi connectivity index (χ4v) is 3.73. The van der Waals surface area contributed by atoms with Crippen molar-refractivity contribution in [2.45, 2.75) is 59.5 Å². The molecular weight excluding hydrogens is 322 g/mol. The molecule has 1 aromatic carbocycles. The fraction of sp³-hybridized carbons (Fsp3) is 0.625. The van der Waals surface area contributed by atoms with E-state index < -0.39 is 0 Å². The third-order valence-corrected chi connectivity index (χ3v) is 3.83. The molecule has 0 aliphatic heterocycles. The normalized spacial score (nSPS) is 14.5. The van der Waals surface area contributed by atoms with E-state index in [1.165, 1.54) is 0 Å². The van der Waals surface area contributed by atoms with E-state index in [0.717, 1.165) is 21.5 Å². The zero-order valence-corrected chi connectivity index (χ0v) is 15.1. The highest BCUT2D eigenvalue weighted by Gasteiger charge is 2.27. The highest BCUT2D eigenvalue weighted by molar-refractivity contribution is 9.10. The minimum atomic E-state index is 0.0774. The Balaban J connectivity index is 2.81. The van der Waals surface area contributed by atoms with Crippen molar-refractivity contribution in [1.29, 1.82) is 0 Å². The molecule has 3 heteroatoms. The highest BCUT2D eigenvalue weighted by atomic mass is 79.9. The number of hydrogen-bond acceptors (Lipinski definition) is 1. The van der Waals surface area contributed by atoms with Crippen LogP contribution in [0, 0.1) is 5.41 Å². The summed E-state index contributed by atoms with van der Waals surface area (Å²) in [5, 5.41) is 4.50. The lowest BCUT2D eigenvalue weighted by Gasteiger charge is -2.36. The molecule has 0 spiro atoms. The van der Waals surface area contributed by atoms with Crippen molar-refractivity contribution in [1.82, 2.24) is 5.32 Å². The van der Waals surface area contributed by atoms with Gasteiger partial charge >= 0.3 is 0 Å². The number of rotatable bonds is 4. The monoisotopic (exact) mass is 345 g/mol. The molecule has 0 saturated carbocycles. The first-order valence-electron chi connectivity index (χ1n) is 6.73. The second-order valence-electron chi connectivity index (χ2n) is 7.15. The van der Waals surface area contributed by atoms with Gasteiger partial charge in [0.05, 0.1) is 0 Å². The maximum Gasteiger partial charge on any atom is 0.0464 e. The lowest BCUT2D eigenvalue weighted by molar-refractivity contribution is 0.227. The van der Waals surface area contributed by atoms with Crippen molar-refractivity contribution in [3.05, 3.63) is 33.3 Å². The molecule has 0 radical (unpaired) electrons. The van der Waals surface area contributed by atoms with E-state index in [2.05, 4.69) is 68.9 Å². The lowest BCUT2D eigenvalue weighted by Crippen LogP contribution is -2.43. The Morgan fingerprint density at radius 1 is 1.21 bits per heavy atom. The maximum atomic E-state index is 6.32. The molecule has 0 heterocycles. The minimum Gasteiger partial charge on any atom is -0.305 e. The van der Waals surface area contributed by atoms with Gasteiger partial charge in [-0.1, -0.05) is 54.4 Å². The van der Waals surface area contributed by atoms with Crippen LogP contribution in [0.2, 0.25) is 5.02 Å². The van der Waals surface area contributed by atoms with Crippen LogP contribution in [0.25, 0.3) is 0 Å². The second-order valence-corrected chi connectivity index (χ2v) is 8.48. The molecule has 0 aliphatic carbocycles. The molecule has 0 aromatic heterocycles. The summed E-state index contributed by atoms with van der Waals surface area (Å²) in [5.41, 5.74) is 1.53. The average molecular weight is 347 g/mol. The molecule has 0 aliphatic rings. The van der Waals surface area contributed by atoms with Gasteiger partial charge in [0.1, 0.15) is 0 Å². The smallest absolute Gasteiger partial charge is 0.0464 e. The predicted molar refractivity (Wildman–Crippen MR) is 88.9 cm³/mol. The van der Waals surface area contributed by atoms with Crippen molar-refractivity contribution in [2.24, 2.45) is 5.41 Å². The molecule has 1 nitrogen and oxygen atoms in total. The van der Waals surface area contributed by atoms with E-state index in [1.807, 2.05) is 12.1 Å². The van der Waals surface area contributed by atoms with Gasteiger partial charge in [-0.2, -0.15) is 0 Å². The molecule has 1 N–H and O–H groups in total. The van der Waals surface area contributed by atoms with Crippen molar-refractivity contribution in [3.8, 4) is 0 Å². The Morgan fingerprint density at radius 2 is 1.79 bits per heavy atom. The third kappa shape index (κ3) is 5.85. The fourth-order valence-electron chi connectivity index (χ4n) is 2.89. The number of nitrogens with one attached hydrogen (secondary N) is 1. The molecule has 0 fully saturated rings. The van der Waals surface area contributed by atoms with E-state index in [9.17, 15) is 0 Å². The largest absolute Gasteiger partial charge is 0.305 e. The lowest BCUT2D eigenvalue weighted by atomic mass is 9.81. The quantitative estimate of drug-likeness (QED) is 0.708. The van der Waals surface area contributed by atoms with Crippen molar-refractivity contribution in [3.63, 3.8) is 0 Å². The summed E-state index contributed by atoms with van der Waals surface area (Å²) in [6.07, 6.45) is 1.11. The number of halogens is 2. The molecule has 1 unspecified atom stereocenters. The van der Waals surface area contributed by atoms with Crippen LogP contribution in [0.4, 0.5) is 0 Å². The van der Waals surface area contributed by atoms with Gasteiger partial charge in [-0.25, -0.2) is 0 Å². The van der Waals surface area contributed by atoms with Crippen LogP contribution in [0.15, 0.2) is 22.7 Å². The third-order valence-electron chi connectivity index (χ3n) is 3.01. The summed E-state index contributed by atoms with van der Waals surface area (Å²) in [7, 11) is 0. The summed E-state index contributed by atoms with van der Waals surface area (Å²) in [6.45, 7) is 13.5. The highest BCUT2D eigenvalue weighted by Crippen LogP contribution is 2.31. The van der Waals surface area contributed by atoms with Gasteiger partial charge in [-0.05, 0) is 50.3 Å². The molecule has 0 saturated heterocycles. The molecule has 1 aromatic rings. The van der Waals surface area contributed by atoms with E-state index >= 15 is 0 Å². The summed E-state index contributed by atoms with van der Waals surface area (Å²) in [5.74, 6) is 0. The minimum absolute atomic E-state index is 0.0774. The van der Waals surface area contributed by atoms with E-state index in [1.54, 1.807) is 0 Å². The summed E-state index contributed by atoms with van der Waals surface area (Å²) in [4.78, 5) is 0. The van der Waals surface area contributed by atoms with Crippen LogP contribution in [0.5, 0.6) is 0 Å².